The minimum Gasteiger partial charge on any atom is -0.354 e. The zero-order valence-electron chi connectivity index (χ0n) is 17.9. The second-order valence-corrected chi connectivity index (χ2v) is 9.28. The van der Waals surface area contributed by atoms with Crippen LogP contribution in [-0.2, 0) is 0 Å². The van der Waals surface area contributed by atoms with Crippen molar-refractivity contribution in [2.45, 2.75) is 16.7 Å². The van der Waals surface area contributed by atoms with E-state index < -0.39 is 4.92 Å². The Morgan fingerprint density at radius 2 is 1.79 bits per heavy atom. The predicted octanol–water partition coefficient (Wildman–Crippen LogP) is 6.14. The smallest absolute Gasteiger partial charge is 0.269 e. The fraction of sp³-hybridized carbons (Fsp3) is 0.0833. The molecule has 3 aromatic carbocycles. The second kappa shape index (κ2) is 8.68. The third kappa shape index (κ3) is 4.08. The monoisotopic (exact) mass is 473 g/mol. The zero-order chi connectivity index (χ0) is 22.9. The van der Waals surface area contributed by atoms with Crippen LogP contribution in [0.4, 0.5) is 17.1 Å². The minimum absolute atomic E-state index is 0.0571. The highest BCUT2D eigenvalue weighted by Gasteiger charge is 2.16. The minimum atomic E-state index is -0.401. The molecule has 0 atom stereocenters. The van der Waals surface area contributed by atoms with Crippen molar-refractivity contribution >= 4 is 45.9 Å². The van der Waals surface area contributed by atoms with Gasteiger partial charge in [-0.25, -0.2) is 4.68 Å². The van der Waals surface area contributed by atoms with Gasteiger partial charge in [-0.15, -0.1) is 11.3 Å². The standard InChI is InChI=1S/C24H19N5O2S2/c1-15(17-9-12-23-20(13-17)26-19-5-3-4-6-22(19)33-23)27-28-21(14-32-24(28)25-2)16-7-10-18(11-8-16)29(30)31/h3-14,26H,1-2H3. The summed E-state index contributed by atoms with van der Waals surface area (Å²) >= 11 is 3.22. The summed E-state index contributed by atoms with van der Waals surface area (Å²) in [6.45, 7) is 1.97. The van der Waals surface area contributed by atoms with E-state index in [9.17, 15) is 10.1 Å². The first-order valence-corrected chi connectivity index (χ1v) is 11.9. The lowest BCUT2D eigenvalue weighted by Gasteiger charge is -2.21. The maximum absolute atomic E-state index is 11.0. The molecule has 33 heavy (non-hydrogen) atoms. The molecule has 1 N–H and O–H groups in total. The average molecular weight is 474 g/mol. The van der Waals surface area contributed by atoms with Crippen LogP contribution in [0.5, 0.6) is 0 Å². The van der Waals surface area contributed by atoms with Crippen LogP contribution in [0.15, 0.2) is 92.0 Å². The number of fused-ring (bicyclic) bond motifs is 2. The number of non-ortho nitro benzene ring substituents is 1. The van der Waals surface area contributed by atoms with Gasteiger partial charge in [-0.05, 0) is 48.9 Å². The van der Waals surface area contributed by atoms with E-state index in [0.717, 1.165) is 38.7 Å². The molecule has 1 aliphatic rings. The Labute approximate surface area is 198 Å². The van der Waals surface area contributed by atoms with Crippen LogP contribution in [0, 0.1) is 10.1 Å². The number of nitro groups is 1. The summed E-state index contributed by atoms with van der Waals surface area (Å²) in [5, 5.41) is 21.3. The molecule has 5 rings (SSSR count). The molecular formula is C24H19N5O2S2. The number of anilines is 2. The molecule has 1 aliphatic heterocycles. The molecule has 4 aromatic rings. The number of thiazole rings is 1. The SMILES string of the molecule is CN=c1scc(-c2ccc([N+](=O)[O-])cc2)n1N=C(C)c1ccc2c(c1)Nc1ccccc1S2. The number of nitrogens with zero attached hydrogens (tertiary/aromatic N) is 4. The Bertz CT molecular complexity index is 1470. The Kier molecular flexibility index (Phi) is 5.57. The van der Waals surface area contributed by atoms with Gasteiger partial charge in [0.15, 0.2) is 0 Å². The fourth-order valence-corrected chi connectivity index (χ4v) is 5.34. The Balaban J connectivity index is 1.51. The number of nitro benzene ring substituents is 1. The maximum Gasteiger partial charge on any atom is 0.269 e. The van der Waals surface area contributed by atoms with Crippen molar-refractivity contribution in [3.05, 3.63) is 92.6 Å². The van der Waals surface area contributed by atoms with E-state index in [1.54, 1.807) is 35.6 Å². The normalized spacial score (nSPS) is 13.3. The van der Waals surface area contributed by atoms with Gasteiger partial charge in [0.1, 0.15) is 0 Å². The highest BCUT2D eigenvalue weighted by molar-refractivity contribution is 7.99. The van der Waals surface area contributed by atoms with Crippen molar-refractivity contribution in [1.82, 2.24) is 4.68 Å². The lowest BCUT2D eigenvalue weighted by molar-refractivity contribution is -0.384. The van der Waals surface area contributed by atoms with Gasteiger partial charge in [0.05, 0.1) is 27.7 Å². The third-order valence-electron chi connectivity index (χ3n) is 5.27. The first-order valence-electron chi connectivity index (χ1n) is 10.2. The maximum atomic E-state index is 11.0. The van der Waals surface area contributed by atoms with E-state index in [1.807, 2.05) is 24.4 Å². The Hall–Kier alpha value is -3.69. The molecule has 0 saturated heterocycles. The van der Waals surface area contributed by atoms with Crippen LogP contribution < -0.4 is 10.1 Å². The van der Waals surface area contributed by atoms with Crippen molar-refractivity contribution in [3.63, 3.8) is 0 Å². The topological polar surface area (TPSA) is 84.8 Å². The lowest BCUT2D eigenvalue weighted by Crippen LogP contribution is -2.14. The van der Waals surface area contributed by atoms with E-state index in [1.165, 1.54) is 33.3 Å². The molecule has 7 nitrogen and oxygen atoms in total. The summed E-state index contributed by atoms with van der Waals surface area (Å²) < 4.78 is 1.79. The molecule has 1 aromatic heterocycles. The first-order chi connectivity index (χ1) is 16.0. The summed E-state index contributed by atoms with van der Waals surface area (Å²) in [4.78, 5) is 18.1. The van der Waals surface area contributed by atoms with Gasteiger partial charge < -0.3 is 5.32 Å². The molecule has 2 heterocycles. The van der Waals surface area contributed by atoms with Crippen LogP contribution in [0.25, 0.3) is 11.3 Å². The lowest BCUT2D eigenvalue weighted by atomic mass is 10.1. The predicted molar refractivity (Wildman–Crippen MR) is 134 cm³/mol. The number of hydrogen-bond acceptors (Lipinski definition) is 7. The van der Waals surface area contributed by atoms with Gasteiger partial charge in [-0.1, -0.05) is 30.0 Å². The molecule has 0 unspecified atom stereocenters. The van der Waals surface area contributed by atoms with Crippen molar-refractivity contribution < 1.29 is 4.92 Å². The van der Waals surface area contributed by atoms with E-state index >= 15 is 0 Å². The van der Waals surface area contributed by atoms with Crippen molar-refractivity contribution in [1.29, 1.82) is 0 Å². The van der Waals surface area contributed by atoms with Crippen molar-refractivity contribution in [3.8, 4) is 11.3 Å². The van der Waals surface area contributed by atoms with E-state index in [4.69, 9.17) is 5.10 Å². The molecular weight excluding hydrogens is 454 g/mol. The number of aromatic nitrogens is 1. The summed E-state index contributed by atoms with van der Waals surface area (Å²) in [5.74, 6) is 0. The van der Waals surface area contributed by atoms with Crippen molar-refractivity contribution in [2.24, 2.45) is 10.1 Å². The van der Waals surface area contributed by atoms with Gasteiger partial charge in [0, 0.05) is 39.9 Å². The van der Waals surface area contributed by atoms with E-state index in [2.05, 4.69) is 40.6 Å². The highest BCUT2D eigenvalue weighted by Crippen LogP contribution is 2.44. The summed E-state index contributed by atoms with van der Waals surface area (Å²) in [7, 11) is 1.73. The summed E-state index contributed by atoms with van der Waals surface area (Å²) in [6.07, 6.45) is 0. The van der Waals surface area contributed by atoms with Crippen molar-refractivity contribution in [2.75, 3.05) is 12.4 Å². The Morgan fingerprint density at radius 3 is 2.55 bits per heavy atom. The van der Waals surface area contributed by atoms with Crippen LogP contribution >= 0.6 is 23.1 Å². The largest absolute Gasteiger partial charge is 0.354 e. The Morgan fingerprint density at radius 1 is 1.03 bits per heavy atom. The number of benzene rings is 3. The van der Waals surface area contributed by atoms with Crippen LogP contribution in [0.3, 0.4) is 0 Å². The molecule has 0 aliphatic carbocycles. The van der Waals surface area contributed by atoms with Gasteiger partial charge in [0.25, 0.3) is 5.69 Å². The van der Waals surface area contributed by atoms with Crippen LogP contribution in [0.2, 0.25) is 0 Å². The van der Waals surface area contributed by atoms with E-state index in [-0.39, 0.29) is 5.69 Å². The van der Waals surface area contributed by atoms with E-state index in [0.29, 0.717) is 0 Å². The number of hydrogen-bond donors (Lipinski definition) is 1. The third-order valence-corrected chi connectivity index (χ3v) is 7.33. The highest BCUT2D eigenvalue weighted by atomic mass is 32.2. The van der Waals surface area contributed by atoms with Gasteiger partial charge >= 0.3 is 0 Å². The molecule has 9 heteroatoms. The number of rotatable bonds is 4. The summed E-state index contributed by atoms with van der Waals surface area (Å²) in [5.41, 5.74) is 5.70. The fourth-order valence-electron chi connectivity index (χ4n) is 3.57. The molecule has 0 spiro atoms. The first kappa shape index (κ1) is 21.2. The number of para-hydroxylation sites is 1. The van der Waals surface area contributed by atoms with Gasteiger partial charge in [0.2, 0.25) is 4.80 Å². The zero-order valence-corrected chi connectivity index (χ0v) is 19.5. The molecule has 164 valence electrons. The van der Waals surface area contributed by atoms with Crippen LogP contribution in [0.1, 0.15) is 12.5 Å². The number of nitrogens with one attached hydrogen (secondary N) is 1. The molecule has 0 fully saturated rings. The van der Waals surface area contributed by atoms with Crippen LogP contribution in [-0.4, -0.2) is 22.4 Å². The molecule has 0 bridgehead atoms. The quantitative estimate of drug-likeness (QED) is 0.193. The van der Waals surface area contributed by atoms with Gasteiger partial charge in [-0.2, -0.15) is 5.10 Å². The molecule has 0 saturated carbocycles. The second-order valence-electron chi connectivity index (χ2n) is 7.36. The summed E-state index contributed by atoms with van der Waals surface area (Å²) in [6, 6.07) is 21.0. The molecule has 0 amide bonds. The average Bonchev–Trinajstić information content (AvgIpc) is 3.24. The van der Waals surface area contributed by atoms with Gasteiger partial charge in [-0.3, -0.25) is 15.1 Å². The molecule has 0 radical (unpaired) electrons.